The summed E-state index contributed by atoms with van der Waals surface area (Å²) in [6.07, 6.45) is 5.43. The Morgan fingerprint density at radius 1 is 1.19 bits per heavy atom. The highest BCUT2D eigenvalue weighted by molar-refractivity contribution is 5.31. The molecule has 0 atom stereocenters. The molecule has 0 aliphatic carbocycles. The number of piperidine rings is 1. The van der Waals surface area contributed by atoms with Crippen LogP contribution in [0.15, 0.2) is 22.8 Å². The molecule has 7 heteroatoms. The van der Waals surface area contributed by atoms with Crippen molar-refractivity contribution in [2.24, 2.45) is 0 Å². The molecule has 112 valence electrons. The number of rotatable bonds is 5. The minimum atomic E-state index is 0.249. The van der Waals surface area contributed by atoms with Gasteiger partial charge in [-0.05, 0) is 38.1 Å². The van der Waals surface area contributed by atoms with Crippen molar-refractivity contribution in [2.75, 3.05) is 24.1 Å². The average molecular weight is 288 g/mol. The third kappa shape index (κ3) is 3.91. The van der Waals surface area contributed by atoms with E-state index < -0.39 is 0 Å². The molecule has 2 aromatic rings. The van der Waals surface area contributed by atoms with E-state index in [2.05, 4.69) is 25.2 Å². The Kier molecular flexibility index (Phi) is 4.30. The van der Waals surface area contributed by atoms with Gasteiger partial charge >= 0.3 is 0 Å². The summed E-state index contributed by atoms with van der Waals surface area (Å²) < 4.78 is 5.26. The first kappa shape index (κ1) is 13.8. The highest BCUT2D eigenvalue weighted by atomic mass is 16.3. The van der Waals surface area contributed by atoms with Gasteiger partial charge in [-0.2, -0.15) is 15.0 Å². The van der Waals surface area contributed by atoms with Crippen molar-refractivity contribution in [1.29, 1.82) is 0 Å². The van der Waals surface area contributed by atoms with Gasteiger partial charge in [0.25, 0.3) is 0 Å². The lowest BCUT2D eigenvalue weighted by atomic mass is 10.1. The number of likely N-dealkylation sites (tertiary alicyclic amines) is 1. The zero-order valence-corrected chi connectivity index (χ0v) is 12.0. The number of hydrogen-bond acceptors (Lipinski definition) is 7. The van der Waals surface area contributed by atoms with Crippen LogP contribution in [-0.2, 0) is 13.1 Å². The second kappa shape index (κ2) is 6.53. The molecule has 7 nitrogen and oxygen atoms in total. The van der Waals surface area contributed by atoms with Gasteiger partial charge < -0.3 is 15.5 Å². The molecule has 0 amide bonds. The Balaban J connectivity index is 1.64. The minimum absolute atomic E-state index is 0.249. The molecule has 1 fully saturated rings. The molecule has 0 aromatic carbocycles. The predicted molar refractivity (Wildman–Crippen MR) is 79.4 cm³/mol. The molecule has 21 heavy (non-hydrogen) atoms. The number of nitrogens with one attached hydrogen (secondary N) is 1. The first-order chi connectivity index (χ1) is 10.3. The van der Waals surface area contributed by atoms with E-state index >= 15 is 0 Å². The predicted octanol–water partition coefficient (Wildman–Crippen LogP) is 1.64. The fourth-order valence-electron chi connectivity index (χ4n) is 2.48. The van der Waals surface area contributed by atoms with Crippen LogP contribution in [0.3, 0.4) is 0 Å². The monoisotopic (exact) mass is 288 g/mol. The summed E-state index contributed by atoms with van der Waals surface area (Å²) in [4.78, 5) is 15.1. The molecule has 0 saturated carbocycles. The third-order valence-corrected chi connectivity index (χ3v) is 3.51. The van der Waals surface area contributed by atoms with Crippen molar-refractivity contribution in [3.63, 3.8) is 0 Å². The molecule has 3 heterocycles. The zero-order valence-electron chi connectivity index (χ0n) is 12.0. The van der Waals surface area contributed by atoms with E-state index in [9.17, 15) is 0 Å². The maximum Gasteiger partial charge on any atom is 0.228 e. The number of anilines is 2. The average Bonchev–Trinajstić information content (AvgIpc) is 2.99. The van der Waals surface area contributed by atoms with Gasteiger partial charge in [-0.25, -0.2) is 0 Å². The molecule has 0 unspecified atom stereocenters. The first-order valence-electron chi connectivity index (χ1n) is 7.28. The van der Waals surface area contributed by atoms with E-state index in [1.807, 2.05) is 12.1 Å². The molecule has 1 aliphatic rings. The Morgan fingerprint density at radius 2 is 2.05 bits per heavy atom. The Labute approximate surface area is 123 Å². The van der Waals surface area contributed by atoms with Crippen LogP contribution in [0.5, 0.6) is 0 Å². The summed E-state index contributed by atoms with van der Waals surface area (Å²) >= 11 is 0. The lowest BCUT2D eigenvalue weighted by molar-refractivity contribution is 0.216. The molecule has 1 saturated heterocycles. The SMILES string of the molecule is Nc1nc(CN2CCCCC2)nc(NCc2ccco2)n1. The summed E-state index contributed by atoms with van der Waals surface area (Å²) in [5.41, 5.74) is 5.77. The van der Waals surface area contributed by atoms with Gasteiger partial charge in [-0.3, -0.25) is 4.90 Å². The Bertz CT molecular complexity index is 565. The van der Waals surface area contributed by atoms with Crippen LogP contribution in [0.4, 0.5) is 11.9 Å². The third-order valence-electron chi connectivity index (χ3n) is 3.51. The van der Waals surface area contributed by atoms with E-state index in [-0.39, 0.29) is 5.95 Å². The molecule has 3 rings (SSSR count). The summed E-state index contributed by atoms with van der Waals surface area (Å²) in [7, 11) is 0. The molecule has 3 N–H and O–H groups in total. The van der Waals surface area contributed by atoms with Crippen molar-refractivity contribution in [1.82, 2.24) is 19.9 Å². The fraction of sp³-hybridized carbons (Fsp3) is 0.500. The Morgan fingerprint density at radius 3 is 2.81 bits per heavy atom. The van der Waals surface area contributed by atoms with Crippen molar-refractivity contribution in [3.05, 3.63) is 30.0 Å². The molecule has 0 radical (unpaired) electrons. The van der Waals surface area contributed by atoms with Gasteiger partial charge in [0.1, 0.15) is 11.6 Å². The summed E-state index contributed by atoms with van der Waals surface area (Å²) in [6, 6.07) is 3.74. The summed E-state index contributed by atoms with van der Waals surface area (Å²) in [5.74, 6) is 2.28. The van der Waals surface area contributed by atoms with Gasteiger partial charge in [0, 0.05) is 0 Å². The van der Waals surface area contributed by atoms with Gasteiger partial charge in [-0.15, -0.1) is 0 Å². The van der Waals surface area contributed by atoms with Crippen LogP contribution in [0.2, 0.25) is 0 Å². The van der Waals surface area contributed by atoms with Gasteiger partial charge in [0.15, 0.2) is 0 Å². The summed E-state index contributed by atoms with van der Waals surface area (Å²) in [5, 5.41) is 3.11. The number of aromatic nitrogens is 3. The molecule has 0 bridgehead atoms. The molecular weight excluding hydrogens is 268 g/mol. The van der Waals surface area contributed by atoms with Crippen LogP contribution in [0.25, 0.3) is 0 Å². The topological polar surface area (TPSA) is 93.1 Å². The number of nitrogen functional groups attached to an aromatic ring is 1. The normalized spacial score (nSPS) is 16.0. The maximum atomic E-state index is 5.77. The van der Waals surface area contributed by atoms with Crippen molar-refractivity contribution in [2.45, 2.75) is 32.4 Å². The zero-order chi connectivity index (χ0) is 14.5. The number of nitrogens with zero attached hydrogens (tertiary/aromatic N) is 4. The van der Waals surface area contributed by atoms with E-state index in [1.165, 1.54) is 19.3 Å². The van der Waals surface area contributed by atoms with Crippen molar-refractivity contribution in [3.8, 4) is 0 Å². The van der Waals surface area contributed by atoms with Crippen LogP contribution in [0.1, 0.15) is 30.8 Å². The first-order valence-corrected chi connectivity index (χ1v) is 7.28. The minimum Gasteiger partial charge on any atom is -0.467 e. The molecule has 1 aliphatic heterocycles. The van der Waals surface area contributed by atoms with Crippen LogP contribution in [0, 0.1) is 0 Å². The highest BCUT2D eigenvalue weighted by Crippen LogP contribution is 2.12. The maximum absolute atomic E-state index is 5.77. The fourth-order valence-corrected chi connectivity index (χ4v) is 2.48. The van der Waals surface area contributed by atoms with E-state index in [4.69, 9.17) is 10.2 Å². The lowest BCUT2D eigenvalue weighted by Crippen LogP contribution is -2.30. The largest absolute Gasteiger partial charge is 0.467 e. The van der Waals surface area contributed by atoms with Gasteiger partial charge in [0.05, 0.1) is 19.4 Å². The van der Waals surface area contributed by atoms with Crippen molar-refractivity contribution < 1.29 is 4.42 Å². The van der Waals surface area contributed by atoms with E-state index in [0.29, 0.717) is 18.3 Å². The lowest BCUT2D eigenvalue weighted by Gasteiger charge is -2.25. The van der Waals surface area contributed by atoms with E-state index in [0.717, 1.165) is 25.4 Å². The van der Waals surface area contributed by atoms with Crippen LogP contribution in [-0.4, -0.2) is 32.9 Å². The van der Waals surface area contributed by atoms with Crippen LogP contribution >= 0.6 is 0 Å². The molecular formula is C14H20N6O. The van der Waals surface area contributed by atoms with Crippen LogP contribution < -0.4 is 11.1 Å². The highest BCUT2D eigenvalue weighted by Gasteiger charge is 2.13. The number of hydrogen-bond donors (Lipinski definition) is 2. The van der Waals surface area contributed by atoms with Gasteiger partial charge in [0.2, 0.25) is 11.9 Å². The van der Waals surface area contributed by atoms with Gasteiger partial charge in [-0.1, -0.05) is 6.42 Å². The second-order valence-electron chi connectivity index (χ2n) is 5.20. The van der Waals surface area contributed by atoms with Crippen molar-refractivity contribution >= 4 is 11.9 Å². The molecule has 0 spiro atoms. The summed E-state index contributed by atoms with van der Waals surface area (Å²) in [6.45, 7) is 3.45. The molecule has 2 aromatic heterocycles. The Hall–Kier alpha value is -2.15. The second-order valence-corrected chi connectivity index (χ2v) is 5.20. The number of furan rings is 1. The quantitative estimate of drug-likeness (QED) is 0.864. The van der Waals surface area contributed by atoms with E-state index in [1.54, 1.807) is 6.26 Å². The standard InChI is InChI=1S/C14H20N6O/c15-13-17-12(10-20-6-2-1-3-7-20)18-14(19-13)16-9-11-5-4-8-21-11/h4-5,8H,1-3,6-7,9-10H2,(H3,15,16,17,18,19). The number of nitrogens with two attached hydrogens (primary N) is 1. The smallest absolute Gasteiger partial charge is 0.228 e.